The molecule has 3 atom stereocenters. The summed E-state index contributed by atoms with van der Waals surface area (Å²) in [7, 11) is 3.38. The van der Waals surface area contributed by atoms with E-state index in [1.54, 1.807) is 19.0 Å². The molecular formula is C19H24F3N3O2. The number of benzene rings is 1. The number of carbonyl (C=O) groups is 2. The van der Waals surface area contributed by atoms with Crippen LogP contribution in [-0.4, -0.2) is 54.8 Å². The van der Waals surface area contributed by atoms with Gasteiger partial charge in [0.25, 0.3) is 0 Å². The van der Waals surface area contributed by atoms with E-state index in [0.717, 1.165) is 31.6 Å². The third kappa shape index (κ3) is 3.95. The third-order valence-electron chi connectivity index (χ3n) is 5.69. The van der Waals surface area contributed by atoms with Crippen molar-refractivity contribution in [1.29, 1.82) is 0 Å². The predicted octanol–water partition coefficient (Wildman–Crippen LogP) is 2.44. The maximum absolute atomic E-state index is 13.1. The molecule has 2 heterocycles. The first-order chi connectivity index (χ1) is 12.7. The minimum absolute atomic E-state index is 0.0621. The van der Waals surface area contributed by atoms with E-state index >= 15 is 0 Å². The van der Waals surface area contributed by atoms with Crippen LogP contribution in [0, 0.1) is 5.92 Å². The van der Waals surface area contributed by atoms with Gasteiger partial charge in [0.2, 0.25) is 11.8 Å². The molecule has 2 aliphatic rings. The highest BCUT2D eigenvalue weighted by atomic mass is 19.4. The molecule has 0 aromatic heterocycles. The standard InChI is InChI=1S/C19H24F3N3O2/c1-24(14-9-10-23-11-14)18(27)15-7-8-16(26)25(2)17(15)12-3-5-13(6-4-12)19(20,21)22/h3-6,14-15,17,23H,7-11H2,1-2H3. The number of nitrogens with zero attached hydrogens (tertiary/aromatic N) is 2. The summed E-state index contributed by atoms with van der Waals surface area (Å²) in [4.78, 5) is 28.6. The molecule has 3 unspecified atom stereocenters. The Hall–Kier alpha value is -2.09. The summed E-state index contributed by atoms with van der Waals surface area (Å²) in [6.45, 7) is 1.59. The largest absolute Gasteiger partial charge is 0.416 e. The lowest BCUT2D eigenvalue weighted by Crippen LogP contribution is -2.49. The van der Waals surface area contributed by atoms with Gasteiger partial charge in [-0.15, -0.1) is 0 Å². The fourth-order valence-corrected chi connectivity index (χ4v) is 4.03. The zero-order valence-electron chi connectivity index (χ0n) is 15.4. The van der Waals surface area contributed by atoms with Gasteiger partial charge < -0.3 is 15.1 Å². The molecule has 0 aliphatic carbocycles. The Bertz CT molecular complexity index is 699. The fourth-order valence-electron chi connectivity index (χ4n) is 4.03. The SMILES string of the molecule is CN(C(=O)C1CCC(=O)N(C)C1c1ccc(C(F)(F)F)cc1)C1CCNC1. The molecule has 8 heteroatoms. The van der Waals surface area contributed by atoms with Crippen LogP contribution in [0.25, 0.3) is 0 Å². The second-order valence-corrected chi connectivity index (χ2v) is 7.31. The molecule has 27 heavy (non-hydrogen) atoms. The molecule has 2 aliphatic heterocycles. The minimum atomic E-state index is -4.42. The summed E-state index contributed by atoms with van der Waals surface area (Å²) in [5.74, 6) is -0.628. The minimum Gasteiger partial charge on any atom is -0.341 e. The van der Waals surface area contributed by atoms with Crippen molar-refractivity contribution in [3.8, 4) is 0 Å². The molecule has 5 nitrogen and oxygen atoms in total. The molecule has 2 amide bonds. The monoisotopic (exact) mass is 383 g/mol. The Morgan fingerprint density at radius 2 is 1.89 bits per heavy atom. The van der Waals surface area contributed by atoms with E-state index in [1.165, 1.54) is 17.0 Å². The lowest BCUT2D eigenvalue weighted by atomic mass is 9.83. The summed E-state index contributed by atoms with van der Waals surface area (Å²) >= 11 is 0. The van der Waals surface area contributed by atoms with Crippen molar-refractivity contribution in [2.24, 2.45) is 5.92 Å². The summed E-state index contributed by atoms with van der Waals surface area (Å²) in [6, 6.07) is 4.31. The summed E-state index contributed by atoms with van der Waals surface area (Å²) in [5.41, 5.74) is -0.192. The second kappa shape index (κ2) is 7.50. The molecule has 1 aromatic rings. The number of hydrogen-bond acceptors (Lipinski definition) is 3. The smallest absolute Gasteiger partial charge is 0.341 e. The molecule has 3 rings (SSSR count). The highest BCUT2D eigenvalue weighted by Gasteiger charge is 2.41. The number of alkyl halides is 3. The Morgan fingerprint density at radius 3 is 2.44 bits per heavy atom. The van der Waals surface area contributed by atoms with Crippen LogP contribution in [0.4, 0.5) is 13.2 Å². The van der Waals surface area contributed by atoms with Crippen molar-refractivity contribution < 1.29 is 22.8 Å². The number of rotatable bonds is 3. The molecule has 2 saturated heterocycles. The van der Waals surface area contributed by atoms with E-state index in [1.807, 2.05) is 0 Å². The zero-order valence-corrected chi connectivity index (χ0v) is 15.4. The molecule has 2 fully saturated rings. The quantitative estimate of drug-likeness (QED) is 0.872. The molecular weight excluding hydrogens is 359 g/mol. The first-order valence-corrected chi connectivity index (χ1v) is 9.10. The van der Waals surface area contributed by atoms with Crippen molar-refractivity contribution in [2.75, 3.05) is 27.2 Å². The molecule has 148 valence electrons. The molecule has 1 N–H and O–H groups in total. The van der Waals surface area contributed by atoms with Crippen LogP contribution < -0.4 is 5.32 Å². The molecule has 0 radical (unpaired) electrons. The average Bonchev–Trinajstić information content (AvgIpc) is 3.16. The van der Waals surface area contributed by atoms with Crippen molar-refractivity contribution in [3.05, 3.63) is 35.4 Å². The van der Waals surface area contributed by atoms with Gasteiger partial charge in [-0.05, 0) is 37.1 Å². The van der Waals surface area contributed by atoms with E-state index in [9.17, 15) is 22.8 Å². The van der Waals surface area contributed by atoms with Gasteiger partial charge >= 0.3 is 6.18 Å². The fraction of sp³-hybridized carbons (Fsp3) is 0.579. The normalized spacial score (nSPS) is 26.3. The summed E-state index contributed by atoms with van der Waals surface area (Å²) in [6.07, 6.45) is -2.88. The van der Waals surface area contributed by atoms with Crippen LogP contribution in [0.1, 0.15) is 36.4 Å². The first-order valence-electron chi connectivity index (χ1n) is 9.10. The zero-order chi connectivity index (χ0) is 19.8. The van der Waals surface area contributed by atoms with Gasteiger partial charge in [0, 0.05) is 33.1 Å². The Kier molecular flexibility index (Phi) is 5.46. The molecule has 1 aromatic carbocycles. The van der Waals surface area contributed by atoms with Crippen LogP contribution >= 0.6 is 0 Å². The van der Waals surface area contributed by atoms with Gasteiger partial charge in [0.15, 0.2) is 0 Å². The van der Waals surface area contributed by atoms with E-state index in [0.29, 0.717) is 12.0 Å². The van der Waals surface area contributed by atoms with E-state index in [4.69, 9.17) is 0 Å². The maximum Gasteiger partial charge on any atom is 0.416 e. The molecule has 0 bridgehead atoms. The van der Waals surface area contributed by atoms with Gasteiger partial charge in [-0.25, -0.2) is 0 Å². The number of likely N-dealkylation sites (tertiary alicyclic amines) is 1. The number of hydrogen-bond donors (Lipinski definition) is 1. The number of nitrogens with one attached hydrogen (secondary N) is 1. The van der Waals surface area contributed by atoms with Crippen LogP contribution in [-0.2, 0) is 15.8 Å². The van der Waals surface area contributed by atoms with Crippen LogP contribution in [0.15, 0.2) is 24.3 Å². The third-order valence-corrected chi connectivity index (χ3v) is 5.69. The van der Waals surface area contributed by atoms with Gasteiger partial charge in [0.05, 0.1) is 17.5 Å². The first kappa shape index (κ1) is 19.7. The Balaban J connectivity index is 1.88. The van der Waals surface area contributed by atoms with Gasteiger partial charge in [-0.1, -0.05) is 12.1 Å². The topological polar surface area (TPSA) is 52.7 Å². The van der Waals surface area contributed by atoms with Crippen LogP contribution in [0.3, 0.4) is 0 Å². The summed E-state index contributed by atoms with van der Waals surface area (Å²) < 4.78 is 38.6. The average molecular weight is 383 g/mol. The number of likely N-dealkylation sites (N-methyl/N-ethyl adjacent to an activating group) is 1. The van der Waals surface area contributed by atoms with Crippen molar-refractivity contribution in [3.63, 3.8) is 0 Å². The highest BCUT2D eigenvalue weighted by molar-refractivity contribution is 5.85. The van der Waals surface area contributed by atoms with Gasteiger partial charge in [-0.2, -0.15) is 13.2 Å². The number of amides is 2. The summed E-state index contributed by atoms with van der Waals surface area (Å²) in [5, 5.41) is 3.23. The van der Waals surface area contributed by atoms with Crippen LogP contribution in [0.2, 0.25) is 0 Å². The van der Waals surface area contributed by atoms with E-state index in [-0.39, 0.29) is 24.3 Å². The van der Waals surface area contributed by atoms with Crippen molar-refractivity contribution in [2.45, 2.75) is 37.5 Å². The van der Waals surface area contributed by atoms with E-state index < -0.39 is 23.7 Å². The van der Waals surface area contributed by atoms with E-state index in [2.05, 4.69) is 5.32 Å². The van der Waals surface area contributed by atoms with Gasteiger partial charge in [-0.3, -0.25) is 9.59 Å². The van der Waals surface area contributed by atoms with Gasteiger partial charge in [0.1, 0.15) is 0 Å². The second-order valence-electron chi connectivity index (χ2n) is 7.31. The Morgan fingerprint density at radius 1 is 1.22 bits per heavy atom. The molecule has 0 saturated carbocycles. The van der Waals surface area contributed by atoms with Crippen molar-refractivity contribution >= 4 is 11.8 Å². The van der Waals surface area contributed by atoms with Crippen LogP contribution in [0.5, 0.6) is 0 Å². The maximum atomic E-state index is 13.1. The number of carbonyl (C=O) groups excluding carboxylic acids is 2. The highest BCUT2D eigenvalue weighted by Crippen LogP contribution is 2.38. The van der Waals surface area contributed by atoms with Crippen molar-refractivity contribution in [1.82, 2.24) is 15.1 Å². The lowest BCUT2D eigenvalue weighted by molar-refractivity contribution is -0.147. The number of halogens is 3. The Labute approximate surface area is 156 Å². The number of piperidine rings is 1. The lowest BCUT2D eigenvalue weighted by Gasteiger charge is -2.41. The predicted molar refractivity (Wildman–Crippen MR) is 93.7 cm³/mol. The molecule has 0 spiro atoms.